The molecule has 0 spiro atoms. The van der Waals surface area contributed by atoms with E-state index in [0.29, 0.717) is 0 Å². The smallest absolute Gasteiger partial charge is 0.106 e. The van der Waals surface area contributed by atoms with E-state index >= 15 is 0 Å². The van der Waals surface area contributed by atoms with Gasteiger partial charge in [-0.3, -0.25) is 0 Å². The Morgan fingerprint density at radius 2 is 0.588 bits per heavy atom. The summed E-state index contributed by atoms with van der Waals surface area (Å²) < 4.78 is 0. The van der Waals surface area contributed by atoms with Gasteiger partial charge in [0.05, 0.1) is 24.3 Å². The molecule has 0 amide bonds. The monoisotopic (exact) mass is 408 g/mol. The third-order valence-corrected chi connectivity index (χ3v) is 0. The summed E-state index contributed by atoms with van der Waals surface area (Å²) in [6.45, 7) is 9.72. The molecule has 0 N–H and O–H groups in total. The molecule has 0 rings (SSSR count). The summed E-state index contributed by atoms with van der Waals surface area (Å²) in [5.74, 6) is 0. The average molecular weight is 408 g/mol. The van der Waals surface area contributed by atoms with E-state index in [9.17, 15) is 0 Å². The number of nitriles is 4. The van der Waals surface area contributed by atoms with Crippen LogP contribution >= 0.6 is 0 Å². The van der Waals surface area contributed by atoms with Gasteiger partial charge >= 0.3 is 0 Å². The van der Waals surface area contributed by atoms with Crippen LogP contribution in [0.4, 0.5) is 0 Å². The fourth-order valence-corrected chi connectivity index (χ4v) is 0. The number of carbonyl (C=O) groups is 2. The molecule has 7 heteroatoms. The van der Waals surface area contributed by atoms with Gasteiger partial charge in [0.2, 0.25) is 0 Å². The summed E-state index contributed by atoms with van der Waals surface area (Å²) in [5.41, 5.74) is 0. The molecule has 0 heterocycles. The summed E-state index contributed by atoms with van der Waals surface area (Å²) in [4.78, 5) is 16.0. The Morgan fingerprint density at radius 1 is 0.588 bits per heavy atom. The third kappa shape index (κ3) is 497. The maximum Gasteiger partial charge on any atom is 0.106 e. The summed E-state index contributed by atoms with van der Waals surface area (Å²) >= 11 is 0. The molecule has 0 aliphatic carbocycles. The zero-order valence-corrected chi connectivity index (χ0v) is 13.4. The maximum atomic E-state index is 8.00. The molecule has 94 valence electrons. The Bertz CT molecular complexity index is 183. The van der Waals surface area contributed by atoms with E-state index in [1.54, 1.807) is 24.3 Å². The molecule has 0 aliphatic heterocycles. The van der Waals surface area contributed by atoms with Crippen molar-refractivity contribution in [2.24, 2.45) is 0 Å². The topological polar surface area (TPSA) is 129 Å². The molecule has 0 radical (unpaired) electrons. The molecule has 0 bridgehead atoms. The van der Waals surface area contributed by atoms with Crippen LogP contribution in [0, 0.1) is 45.3 Å². The third-order valence-electron chi connectivity index (χ3n) is 0. The number of hydrogen-bond acceptors (Lipinski definition) is 6. The number of hydrogen-bond donors (Lipinski definition) is 0. The molecule has 0 fully saturated rings. The summed E-state index contributed by atoms with van der Waals surface area (Å²) in [6.07, 6.45) is 0. The minimum Gasteiger partial charge on any atom is -0.307 e. The average Bonchev–Trinajstić information content (AvgIpc) is 2.27. The molecular formula is C10H16N4O2W. The van der Waals surface area contributed by atoms with E-state index in [2.05, 4.69) is 0 Å². The van der Waals surface area contributed by atoms with E-state index in [-0.39, 0.29) is 21.1 Å². The minimum atomic E-state index is 0. The first kappa shape index (κ1) is 46.0. The SMILES string of the molecule is C=O.C=O.CC#N.CC#N.CC#N.CC#N.[W]. The van der Waals surface area contributed by atoms with E-state index in [1.165, 1.54) is 27.7 Å². The van der Waals surface area contributed by atoms with Crippen LogP contribution in [-0.4, -0.2) is 13.6 Å². The van der Waals surface area contributed by atoms with E-state index in [0.717, 1.165) is 0 Å². The molecule has 0 atom stereocenters. The Balaban J connectivity index is -0.0000000141. The van der Waals surface area contributed by atoms with Crippen LogP contribution in [0.5, 0.6) is 0 Å². The summed E-state index contributed by atoms with van der Waals surface area (Å²) in [7, 11) is 0. The second kappa shape index (κ2) is 597. The van der Waals surface area contributed by atoms with Crippen LogP contribution in [0.3, 0.4) is 0 Å². The van der Waals surface area contributed by atoms with Crippen molar-refractivity contribution >= 4 is 13.6 Å². The van der Waals surface area contributed by atoms with Crippen LogP contribution < -0.4 is 0 Å². The quantitative estimate of drug-likeness (QED) is 0.601. The first-order chi connectivity index (χ1) is 7.66. The van der Waals surface area contributed by atoms with Crippen molar-refractivity contribution in [3.8, 4) is 24.3 Å². The van der Waals surface area contributed by atoms with Gasteiger partial charge in [-0.1, -0.05) is 0 Å². The van der Waals surface area contributed by atoms with Gasteiger partial charge in [0.1, 0.15) is 13.6 Å². The van der Waals surface area contributed by atoms with E-state index < -0.39 is 0 Å². The number of carbonyl (C=O) groups excluding carboxylic acids is 2. The van der Waals surface area contributed by atoms with Crippen molar-refractivity contribution in [2.75, 3.05) is 0 Å². The molecule has 0 aliphatic rings. The molecule has 0 aromatic heterocycles. The second-order valence-corrected chi connectivity index (χ2v) is 0.894. The first-order valence-corrected chi connectivity index (χ1v) is 3.47. The maximum absolute atomic E-state index is 8.00. The van der Waals surface area contributed by atoms with Gasteiger partial charge in [-0.25, -0.2) is 0 Å². The zero-order chi connectivity index (χ0) is 14.8. The number of rotatable bonds is 0. The minimum absolute atomic E-state index is 0. The number of nitrogens with zero attached hydrogens (tertiary/aromatic N) is 4. The standard InChI is InChI=1S/4C2H3N.2CH2O.W/c4*1-2-3;2*1-2;/h4*1H3;2*1H2;. The molecule has 6 nitrogen and oxygen atoms in total. The van der Waals surface area contributed by atoms with Gasteiger partial charge in [-0.05, 0) is 0 Å². The fourth-order valence-electron chi connectivity index (χ4n) is 0. The Kier molecular flexibility index (Phi) is 1610. The van der Waals surface area contributed by atoms with Crippen LogP contribution in [0.25, 0.3) is 0 Å². The van der Waals surface area contributed by atoms with E-state index in [1.807, 2.05) is 13.6 Å². The molecule has 0 saturated carbocycles. The molecule has 0 aromatic rings. The normalized spacial score (nSPS) is 2.35. The Labute approximate surface area is 117 Å². The van der Waals surface area contributed by atoms with Gasteiger partial charge in [0, 0.05) is 48.8 Å². The van der Waals surface area contributed by atoms with Gasteiger partial charge in [-0.15, -0.1) is 0 Å². The summed E-state index contributed by atoms with van der Waals surface area (Å²) in [6, 6.07) is 7.00. The second-order valence-electron chi connectivity index (χ2n) is 0.894. The Hall–Kier alpha value is -2.01. The van der Waals surface area contributed by atoms with Gasteiger partial charge in [0.25, 0.3) is 0 Å². The molecule has 0 saturated heterocycles. The van der Waals surface area contributed by atoms with Crippen LogP contribution in [0.15, 0.2) is 0 Å². The predicted molar refractivity (Wildman–Crippen MR) is 59.4 cm³/mol. The van der Waals surface area contributed by atoms with E-state index in [4.69, 9.17) is 30.6 Å². The van der Waals surface area contributed by atoms with Crippen molar-refractivity contribution in [1.82, 2.24) is 0 Å². The van der Waals surface area contributed by atoms with Crippen LogP contribution in [-0.2, 0) is 30.7 Å². The van der Waals surface area contributed by atoms with Gasteiger partial charge < -0.3 is 9.59 Å². The molecule has 0 unspecified atom stereocenters. The van der Waals surface area contributed by atoms with Crippen molar-refractivity contribution in [2.45, 2.75) is 27.7 Å². The Morgan fingerprint density at radius 3 is 0.588 bits per heavy atom. The van der Waals surface area contributed by atoms with Crippen LogP contribution in [0.2, 0.25) is 0 Å². The predicted octanol–water partition coefficient (Wildman–Crippen LogP) is 1.75. The first-order valence-electron chi connectivity index (χ1n) is 3.47. The van der Waals surface area contributed by atoms with Crippen molar-refractivity contribution < 1.29 is 30.7 Å². The fraction of sp³-hybridized carbons (Fsp3) is 0.400. The molecule has 17 heavy (non-hydrogen) atoms. The van der Waals surface area contributed by atoms with Crippen molar-refractivity contribution in [1.29, 1.82) is 21.0 Å². The van der Waals surface area contributed by atoms with Crippen molar-refractivity contribution in [3.63, 3.8) is 0 Å². The zero-order valence-electron chi connectivity index (χ0n) is 10.4. The molecule has 0 aromatic carbocycles. The molecular weight excluding hydrogens is 392 g/mol. The van der Waals surface area contributed by atoms with Crippen LogP contribution in [0.1, 0.15) is 27.7 Å². The van der Waals surface area contributed by atoms with Gasteiger partial charge in [0.15, 0.2) is 0 Å². The van der Waals surface area contributed by atoms with Crippen molar-refractivity contribution in [3.05, 3.63) is 0 Å². The largest absolute Gasteiger partial charge is 0.307 e. The van der Waals surface area contributed by atoms with Gasteiger partial charge in [-0.2, -0.15) is 21.0 Å². The summed E-state index contributed by atoms with van der Waals surface area (Å²) in [5, 5.41) is 29.3.